The monoisotopic (exact) mass is 229 g/mol. The molecule has 0 atom stereocenters. The van der Waals surface area contributed by atoms with Gasteiger partial charge in [-0.1, -0.05) is 0 Å². The second kappa shape index (κ2) is 7.44. The van der Waals surface area contributed by atoms with Crippen molar-refractivity contribution < 1.29 is 24.6 Å². The van der Waals surface area contributed by atoms with Crippen LogP contribution in [0.4, 0.5) is 0 Å². The number of carboxylic acids is 2. The van der Waals surface area contributed by atoms with Crippen LogP contribution >= 0.6 is 0 Å². The van der Waals surface area contributed by atoms with Gasteiger partial charge in [0.2, 0.25) is 0 Å². The lowest BCUT2D eigenvalue weighted by atomic mass is 10.0. The van der Waals surface area contributed by atoms with Gasteiger partial charge in [-0.05, 0) is 18.9 Å². The second-order valence-electron chi connectivity index (χ2n) is 3.20. The molecule has 0 radical (unpaired) electrons. The average molecular weight is 229 g/mol. The number of carbonyl (C=O) groups excluding carboxylic acids is 1. The Kier molecular flexibility index (Phi) is 6.58. The summed E-state index contributed by atoms with van der Waals surface area (Å²) in [6.07, 6.45) is 3.66. The Morgan fingerprint density at radius 1 is 1.31 bits per heavy atom. The van der Waals surface area contributed by atoms with Crippen molar-refractivity contribution in [3.05, 3.63) is 11.8 Å². The highest BCUT2D eigenvalue weighted by Gasteiger charge is 2.06. The lowest BCUT2D eigenvalue weighted by molar-refractivity contribution is -0.147. The van der Waals surface area contributed by atoms with Gasteiger partial charge in [0.15, 0.2) is 5.78 Å². The normalized spacial score (nSPS) is 14.3. The highest BCUT2D eigenvalue weighted by Crippen LogP contribution is 2.11. The quantitative estimate of drug-likeness (QED) is 0.605. The molecule has 6 heteroatoms. The minimum atomic E-state index is -1.31. The first-order chi connectivity index (χ1) is 7.45. The molecule has 6 nitrogen and oxygen atoms in total. The number of rotatable bonds is 3. The van der Waals surface area contributed by atoms with Crippen molar-refractivity contribution in [3.63, 3.8) is 0 Å². The molecule has 0 bridgehead atoms. The number of nitrogens with one attached hydrogen (secondary N) is 1. The Morgan fingerprint density at radius 2 is 1.88 bits per heavy atom. The van der Waals surface area contributed by atoms with Crippen LogP contribution in [0.5, 0.6) is 0 Å². The molecule has 1 aliphatic carbocycles. The number of allylic oxidation sites excluding steroid dienone is 2. The zero-order valence-electron chi connectivity index (χ0n) is 9.02. The van der Waals surface area contributed by atoms with E-state index >= 15 is 0 Å². The van der Waals surface area contributed by atoms with Crippen LogP contribution in [0.15, 0.2) is 11.8 Å². The fourth-order valence-electron chi connectivity index (χ4n) is 1.12. The fourth-order valence-corrected chi connectivity index (χ4v) is 1.12. The predicted molar refractivity (Wildman–Crippen MR) is 55.9 cm³/mol. The maximum atomic E-state index is 10.7. The standard InChI is InChI=1S/C7H11NO.C3H4O4/c1-8-6-3-2-4-7(9)5-6;4-2(5)1-3(6)7/h5,8H,2-4H2,1H3;1H2,(H,4,5)(H,6,7). The number of carbonyl (C=O) groups is 3. The lowest BCUT2D eigenvalue weighted by Crippen LogP contribution is -2.12. The van der Waals surface area contributed by atoms with Crippen LogP contribution < -0.4 is 5.32 Å². The lowest BCUT2D eigenvalue weighted by Gasteiger charge is -2.09. The van der Waals surface area contributed by atoms with Crippen molar-refractivity contribution in [1.82, 2.24) is 5.32 Å². The van der Waals surface area contributed by atoms with E-state index < -0.39 is 18.4 Å². The Labute approximate surface area is 93.0 Å². The van der Waals surface area contributed by atoms with Gasteiger partial charge in [0, 0.05) is 19.2 Å². The van der Waals surface area contributed by atoms with Crippen LogP contribution in [-0.4, -0.2) is 35.0 Å². The van der Waals surface area contributed by atoms with Crippen molar-refractivity contribution in [1.29, 1.82) is 0 Å². The minimum absolute atomic E-state index is 0.255. The van der Waals surface area contributed by atoms with Gasteiger partial charge in [0.05, 0.1) is 0 Å². The molecule has 0 saturated heterocycles. The number of hydrogen-bond acceptors (Lipinski definition) is 4. The Hall–Kier alpha value is -1.85. The van der Waals surface area contributed by atoms with Crippen LogP contribution in [0, 0.1) is 0 Å². The zero-order valence-corrected chi connectivity index (χ0v) is 9.02. The maximum Gasteiger partial charge on any atom is 0.314 e. The molecule has 0 amide bonds. The van der Waals surface area contributed by atoms with E-state index in [1.54, 1.807) is 6.08 Å². The number of aliphatic carboxylic acids is 2. The SMILES string of the molecule is CNC1=CC(=O)CCC1.O=C(O)CC(=O)O. The van der Waals surface area contributed by atoms with Crippen LogP contribution in [0.25, 0.3) is 0 Å². The first-order valence-corrected chi connectivity index (χ1v) is 4.80. The van der Waals surface area contributed by atoms with Crippen molar-refractivity contribution in [2.24, 2.45) is 0 Å². The Balaban J connectivity index is 0.000000293. The summed E-state index contributed by atoms with van der Waals surface area (Å²) in [5.41, 5.74) is 1.08. The van der Waals surface area contributed by atoms with Gasteiger partial charge in [-0.15, -0.1) is 0 Å². The molecule has 0 fully saturated rings. The van der Waals surface area contributed by atoms with Gasteiger partial charge in [0.25, 0.3) is 0 Å². The van der Waals surface area contributed by atoms with Crippen molar-refractivity contribution >= 4 is 17.7 Å². The van der Waals surface area contributed by atoms with E-state index in [-0.39, 0.29) is 5.78 Å². The van der Waals surface area contributed by atoms with Gasteiger partial charge in [0.1, 0.15) is 6.42 Å². The first-order valence-electron chi connectivity index (χ1n) is 4.80. The molecule has 1 aliphatic rings. The van der Waals surface area contributed by atoms with Gasteiger partial charge in [-0.25, -0.2) is 0 Å². The third kappa shape index (κ3) is 7.54. The molecule has 0 unspecified atom stereocenters. The van der Waals surface area contributed by atoms with Crippen LogP contribution in [0.1, 0.15) is 25.7 Å². The first kappa shape index (κ1) is 14.2. The summed E-state index contributed by atoms with van der Waals surface area (Å²) in [5.74, 6) is -2.37. The summed E-state index contributed by atoms with van der Waals surface area (Å²) >= 11 is 0. The van der Waals surface area contributed by atoms with E-state index in [4.69, 9.17) is 10.2 Å². The van der Waals surface area contributed by atoms with Crippen LogP contribution in [0.2, 0.25) is 0 Å². The Morgan fingerprint density at radius 3 is 2.12 bits per heavy atom. The van der Waals surface area contributed by atoms with Crippen LogP contribution in [0.3, 0.4) is 0 Å². The zero-order chi connectivity index (χ0) is 12.6. The molecule has 0 heterocycles. The number of hydrogen-bond donors (Lipinski definition) is 3. The summed E-state index contributed by atoms with van der Waals surface area (Å²) < 4.78 is 0. The average Bonchev–Trinajstić information content (AvgIpc) is 2.16. The molecule has 0 aromatic carbocycles. The molecule has 0 aromatic rings. The molecule has 16 heavy (non-hydrogen) atoms. The predicted octanol–water partition coefficient (Wildman–Crippen LogP) is 0.388. The molecule has 0 saturated carbocycles. The van der Waals surface area contributed by atoms with Crippen molar-refractivity contribution in [2.45, 2.75) is 25.7 Å². The second-order valence-corrected chi connectivity index (χ2v) is 3.20. The van der Waals surface area contributed by atoms with Crippen molar-refractivity contribution in [2.75, 3.05) is 7.05 Å². The molecular formula is C10H15NO5. The van der Waals surface area contributed by atoms with E-state index in [0.717, 1.165) is 25.0 Å². The summed E-state index contributed by atoms with van der Waals surface area (Å²) in [6.45, 7) is 0. The topological polar surface area (TPSA) is 104 Å². The van der Waals surface area contributed by atoms with E-state index in [0.29, 0.717) is 0 Å². The third-order valence-electron chi connectivity index (χ3n) is 1.83. The highest BCUT2D eigenvalue weighted by molar-refractivity contribution is 5.91. The highest BCUT2D eigenvalue weighted by atomic mass is 16.4. The molecule has 1 rings (SSSR count). The van der Waals surface area contributed by atoms with Gasteiger partial charge in [-0.3, -0.25) is 14.4 Å². The summed E-state index contributed by atoms with van der Waals surface area (Å²) in [6, 6.07) is 0. The molecule has 3 N–H and O–H groups in total. The Bertz CT molecular complexity index is 296. The smallest absolute Gasteiger partial charge is 0.314 e. The molecule has 0 aromatic heterocycles. The maximum absolute atomic E-state index is 10.7. The molecule has 0 spiro atoms. The van der Waals surface area contributed by atoms with E-state index in [1.807, 2.05) is 7.05 Å². The largest absolute Gasteiger partial charge is 0.481 e. The van der Waals surface area contributed by atoms with E-state index in [9.17, 15) is 14.4 Å². The molecule has 90 valence electrons. The molecular weight excluding hydrogens is 214 g/mol. The fraction of sp³-hybridized carbons (Fsp3) is 0.500. The van der Waals surface area contributed by atoms with Gasteiger partial charge in [-0.2, -0.15) is 0 Å². The van der Waals surface area contributed by atoms with E-state index in [2.05, 4.69) is 5.32 Å². The van der Waals surface area contributed by atoms with Gasteiger partial charge < -0.3 is 15.5 Å². The van der Waals surface area contributed by atoms with Gasteiger partial charge >= 0.3 is 11.9 Å². The van der Waals surface area contributed by atoms with Crippen LogP contribution in [-0.2, 0) is 14.4 Å². The summed E-state index contributed by atoms with van der Waals surface area (Å²) in [4.78, 5) is 29.6. The minimum Gasteiger partial charge on any atom is -0.481 e. The number of carboxylic acid groups (broad SMARTS) is 2. The molecule has 0 aliphatic heterocycles. The van der Waals surface area contributed by atoms with E-state index in [1.165, 1.54) is 0 Å². The number of ketones is 1. The van der Waals surface area contributed by atoms with Crippen molar-refractivity contribution in [3.8, 4) is 0 Å². The third-order valence-corrected chi connectivity index (χ3v) is 1.83. The summed E-state index contributed by atoms with van der Waals surface area (Å²) in [7, 11) is 1.85. The summed E-state index contributed by atoms with van der Waals surface area (Å²) in [5, 5.41) is 18.4.